The summed E-state index contributed by atoms with van der Waals surface area (Å²) in [4.78, 5) is 3.64. The Labute approximate surface area is 74.2 Å². The summed E-state index contributed by atoms with van der Waals surface area (Å²) in [6, 6.07) is 8.72. The maximum atomic E-state index is 13.5. The van der Waals surface area contributed by atoms with Crippen molar-refractivity contribution in [3.63, 3.8) is 0 Å². The quantitative estimate of drug-likeness (QED) is 0.707. The van der Waals surface area contributed by atoms with Crippen molar-refractivity contribution in [1.29, 1.82) is 0 Å². The van der Waals surface area contributed by atoms with Crippen LogP contribution in [0.2, 0.25) is 0 Å². The second-order valence-corrected chi connectivity index (χ2v) is 2.56. The maximum Gasteiger partial charge on any atom is 0.213 e. The van der Waals surface area contributed by atoms with Crippen LogP contribution in [0.25, 0.3) is 0 Å². The van der Waals surface area contributed by atoms with Crippen LogP contribution < -0.4 is 0 Å². The first-order chi connectivity index (χ1) is 6.38. The van der Waals surface area contributed by atoms with Crippen molar-refractivity contribution < 1.29 is 8.91 Å². The van der Waals surface area contributed by atoms with Crippen molar-refractivity contribution in [3.05, 3.63) is 48.1 Å². The standard InChI is InChI=1S/C9H7FN2O/c10-8(9-11-6-13-12-9)7-4-2-1-3-5-7/h1-6,8H. The lowest BCUT2D eigenvalue weighted by molar-refractivity contribution is 0.351. The molecule has 0 bridgehead atoms. The zero-order chi connectivity index (χ0) is 9.10. The molecule has 2 rings (SSSR count). The zero-order valence-corrected chi connectivity index (χ0v) is 6.72. The van der Waals surface area contributed by atoms with Crippen molar-refractivity contribution in [3.8, 4) is 0 Å². The smallest absolute Gasteiger partial charge is 0.213 e. The van der Waals surface area contributed by atoms with E-state index in [0.717, 1.165) is 6.39 Å². The lowest BCUT2D eigenvalue weighted by Crippen LogP contribution is -1.95. The molecule has 0 N–H and O–H groups in total. The molecule has 0 fully saturated rings. The van der Waals surface area contributed by atoms with Crippen LogP contribution in [0.1, 0.15) is 17.6 Å². The third-order valence-corrected chi connectivity index (χ3v) is 1.70. The molecule has 0 saturated carbocycles. The first kappa shape index (κ1) is 7.91. The molecule has 3 nitrogen and oxygen atoms in total. The van der Waals surface area contributed by atoms with Crippen molar-refractivity contribution in [2.45, 2.75) is 6.17 Å². The second-order valence-electron chi connectivity index (χ2n) is 2.56. The highest BCUT2D eigenvalue weighted by atomic mass is 19.1. The van der Waals surface area contributed by atoms with Crippen LogP contribution in [0.15, 0.2) is 41.2 Å². The molecule has 4 heteroatoms. The van der Waals surface area contributed by atoms with Gasteiger partial charge in [0.05, 0.1) is 0 Å². The highest BCUT2D eigenvalue weighted by Crippen LogP contribution is 2.21. The lowest BCUT2D eigenvalue weighted by Gasteiger charge is -2.01. The van der Waals surface area contributed by atoms with Crippen molar-refractivity contribution in [1.82, 2.24) is 10.1 Å². The summed E-state index contributed by atoms with van der Waals surface area (Å²) < 4.78 is 18.0. The number of aromatic nitrogens is 2. The van der Waals surface area contributed by atoms with Gasteiger partial charge in [-0.25, -0.2) is 4.39 Å². The van der Waals surface area contributed by atoms with Gasteiger partial charge < -0.3 is 4.52 Å². The van der Waals surface area contributed by atoms with Crippen LogP contribution in [-0.2, 0) is 0 Å². The predicted octanol–water partition coefficient (Wildman–Crippen LogP) is 2.13. The van der Waals surface area contributed by atoms with Crippen molar-refractivity contribution in [2.24, 2.45) is 0 Å². The molecule has 2 aromatic rings. The summed E-state index contributed by atoms with van der Waals surface area (Å²) in [5, 5.41) is 3.43. The zero-order valence-electron chi connectivity index (χ0n) is 6.72. The molecule has 1 aromatic heterocycles. The van der Waals surface area contributed by atoms with Gasteiger partial charge in [0.15, 0.2) is 6.17 Å². The van der Waals surface area contributed by atoms with Crippen molar-refractivity contribution in [2.75, 3.05) is 0 Å². The van der Waals surface area contributed by atoms with Gasteiger partial charge in [-0.2, -0.15) is 4.98 Å². The van der Waals surface area contributed by atoms with Gasteiger partial charge in [0.1, 0.15) is 0 Å². The van der Waals surface area contributed by atoms with E-state index < -0.39 is 6.17 Å². The number of alkyl halides is 1. The van der Waals surface area contributed by atoms with Crippen LogP contribution in [-0.4, -0.2) is 10.1 Å². The second kappa shape index (κ2) is 3.35. The average Bonchev–Trinajstić information content (AvgIpc) is 2.71. The van der Waals surface area contributed by atoms with Gasteiger partial charge in [-0.3, -0.25) is 0 Å². The third-order valence-electron chi connectivity index (χ3n) is 1.70. The van der Waals surface area contributed by atoms with E-state index >= 15 is 0 Å². The molecule has 1 aromatic carbocycles. The van der Waals surface area contributed by atoms with Crippen LogP contribution in [0.5, 0.6) is 0 Å². The van der Waals surface area contributed by atoms with Gasteiger partial charge in [0.25, 0.3) is 0 Å². The number of hydrogen-bond donors (Lipinski definition) is 0. The van der Waals surface area contributed by atoms with E-state index in [9.17, 15) is 4.39 Å². The van der Waals surface area contributed by atoms with Crippen LogP contribution in [0, 0.1) is 0 Å². The average molecular weight is 178 g/mol. The summed E-state index contributed by atoms with van der Waals surface area (Å²) in [6.45, 7) is 0. The van der Waals surface area contributed by atoms with E-state index in [-0.39, 0.29) is 5.82 Å². The fourth-order valence-corrected chi connectivity index (χ4v) is 1.06. The number of hydrogen-bond acceptors (Lipinski definition) is 3. The summed E-state index contributed by atoms with van der Waals surface area (Å²) in [7, 11) is 0. The van der Waals surface area contributed by atoms with Gasteiger partial charge in [-0.05, 0) is 5.56 Å². The molecule has 1 heterocycles. The minimum Gasteiger partial charge on any atom is -0.343 e. The molecule has 0 amide bonds. The monoisotopic (exact) mass is 178 g/mol. The molecular formula is C9H7FN2O. The molecule has 0 radical (unpaired) electrons. The summed E-state index contributed by atoms with van der Waals surface area (Å²) in [5.41, 5.74) is 0.531. The highest BCUT2D eigenvalue weighted by Gasteiger charge is 2.16. The Kier molecular flexibility index (Phi) is 2.04. The fraction of sp³-hybridized carbons (Fsp3) is 0.111. The summed E-state index contributed by atoms with van der Waals surface area (Å²) in [6.07, 6.45) is -0.190. The van der Waals surface area contributed by atoms with Crippen LogP contribution in [0.4, 0.5) is 4.39 Å². The van der Waals surface area contributed by atoms with E-state index in [0.29, 0.717) is 5.56 Å². The number of benzene rings is 1. The molecular weight excluding hydrogens is 171 g/mol. The Morgan fingerprint density at radius 2 is 2.00 bits per heavy atom. The number of halogens is 1. The van der Waals surface area contributed by atoms with E-state index in [4.69, 9.17) is 0 Å². The fourth-order valence-electron chi connectivity index (χ4n) is 1.06. The molecule has 0 saturated heterocycles. The van der Waals surface area contributed by atoms with Crippen molar-refractivity contribution >= 4 is 0 Å². The SMILES string of the molecule is FC(c1ccccc1)c1ncon1. The van der Waals surface area contributed by atoms with Gasteiger partial charge in [0.2, 0.25) is 12.2 Å². The van der Waals surface area contributed by atoms with E-state index in [1.807, 2.05) is 6.07 Å². The minimum absolute atomic E-state index is 0.0613. The highest BCUT2D eigenvalue weighted by molar-refractivity contribution is 5.21. The Balaban J connectivity index is 2.29. The van der Waals surface area contributed by atoms with Crippen LogP contribution in [0.3, 0.4) is 0 Å². The molecule has 0 aliphatic heterocycles. The normalized spacial score (nSPS) is 12.7. The Bertz CT molecular complexity index is 360. The largest absolute Gasteiger partial charge is 0.343 e. The molecule has 13 heavy (non-hydrogen) atoms. The van der Waals surface area contributed by atoms with E-state index in [1.54, 1.807) is 24.3 Å². The van der Waals surface area contributed by atoms with Gasteiger partial charge in [-0.15, -0.1) is 0 Å². The molecule has 0 aliphatic rings. The van der Waals surface area contributed by atoms with Gasteiger partial charge >= 0.3 is 0 Å². The third kappa shape index (κ3) is 1.56. The molecule has 0 spiro atoms. The Morgan fingerprint density at radius 1 is 1.23 bits per heavy atom. The minimum atomic E-state index is -1.31. The Morgan fingerprint density at radius 3 is 2.62 bits per heavy atom. The van der Waals surface area contributed by atoms with Gasteiger partial charge in [0, 0.05) is 0 Å². The van der Waals surface area contributed by atoms with Gasteiger partial charge in [-0.1, -0.05) is 35.5 Å². The van der Waals surface area contributed by atoms with Crippen LogP contribution >= 0.6 is 0 Å². The first-order valence-electron chi connectivity index (χ1n) is 3.83. The molecule has 1 atom stereocenters. The lowest BCUT2D eigenvalue weighted by atomic mass is 10.1. The first-order valence-corrected chi connectivity index (χ1v) is 3.83. The predicted molar refractivity (Wildman–Crippen MR) is 43.7 cm³/mol. The summed E-state index contributed by atoms with van der Waals surface area (Å²) in [5.74, 6) is 0.0613. The summed E-state index contributed by atoms with van der Waals surface area (Å²) >= 11 is 0. The number of nitrogens with zero attached hydrogens (tertiary/aromatic N) is 2. The Hall–Kier alpha value is -1.71. The molecule has 0 aliphatic carbocycles. The van der Waals surface area contributed by atoms with E-state index in [2.05, 4.69) is 14.7 Å². The maximum absolute atomic E-state index is 13.5. The van der Waals surface area contributed by atoms with E-state index in [1.165, 1.54) is 0 Å². The number of rotatable bonds is 2. The molecule has 1 unspecified atom stereocenters. The molecule has 66 valence electrons. The topological polar surface area (TPSA) is 38.9 Å².